The maximum absolute atomic E-state index is 14.7. The van der Waals surface area contributed by atoms with Crippen LogP contribution < -0.4 is 15.4 Å². The van der Waals surface area contributed by atoms with Gasteiger partial charge in [0.2, 0.25) is 17.7 Å². The maximum atomic E-state index is 14.7. The highest BCUT2D eigenvalue weighted by atomic mass is 19.1. The number of hydrogen-bond acceptors (Lipinski definition) is 6. The van der Waals surface area contributed by atoms with E-state index >= 15 is 0 Å². The van der Waals surface area contributed by atoms with Gasteiger partial charge in [0.15, 0.2) is 0 Å². The summed E-state index contributed by atoms with van der Waals surface area (Å²) in [6.45, 7) is 1.90. The quantitative estimate of drug-likeness (QED) is 0.394. The number of pyridine rings is 3. The van der Waals surface area contributed by atoms with E-state index in [1.54, 1.807) is 43.9 Å². The minimum Gasteiger partial charge on any atom is -0.481 e. The monoisotopic (exact) mass is 420 g/mol. The van der Waals surface area contributed by atoms with Crippen LogP contribution in [0.25, 0.3) is 11.0 Å². The van der Waals surface area contributed by atoms with E-state index in [4.69, 9.17) is 4.74 Å². The lowest BCUT2D eigenvalue weighted by atomic mass is 10.1. The predicted molar refractivity (Wildman–Crippen MR) is 116 cm³/mol. The summed E-state index contributed by atoms with van der Waals surface area (Å²) in [6, 6.07) is 8.91. The second kappa shape index (κ2) is 8.78. The van der Waals surface area contributed by atoms with Crippen LogP contribution in [0.5, 0.6) is 5.88 Å². The number of nitrogens with zero attached hydrogens (tertiary/aromatic N) is 3. The first kappa shape index (κ1) is 20.3. The number of aromatic amines is 1. The van der Waals surface area contributed by atoms with Crippen LogP contribution in [0.4, 0.5) is 15.9 Å². The lowest BCUT2D eigenvalue weighted by Crippen LogP contribution is -2.06. The molecule has 0 saturated heterocycles. The van der Waals surface area contributed by atoms with Gasteiger partial charge in [0.25, 0.3) is 0 Å². The standard InChI is InChI=1S/C22H21FN6O2/c1-13(30)28-17-8-18-16(11-26-22(18)27-12-17)7-15-4-5-19(29-21(15)23)24-9-14-3-6-20(31-2)25-10-14/h3-6,8,10-12H,7,9H2,1-2H3,(H,24,29)(H,26,27)(H,28,30). The third-order valence-corrected chi connectivity index (χ3v) is 4.72. The minimum atomic E-state index is -0.543. The van der Waals surface area contributed by atoms with Crippen molar-refractivity contribution in [3.8, 4) is 5.88 Å². The van der Waals surface area contributed by atoms with E-state index in [2.05, 4.69) is 30.6 Å². The first-order valence-electron chi connectivity index (χ1n) is 9.63. The van der Waals surface area contributed by atoms with Gasteiger partial charge in [-0.25, -0.2) is 15.0 Å². The molecule has 1 amide bonds. The summed E-state index contributed by atoms with van der Waals surface area (Å²) in [5.41, 5.74) is 3.51. The summed E-state index contributed by atoms with van der Waals surface area (Å²) < 4.78 is 19.7. The van der Waals surface area contributed by atoms with E-state index in [1.165, 1.54) is 6.92 Å². The molecule has 0 fully saturated rings. The molecule has 4 aromatic rings. The molecule has 0 aliphatic heterocycles. The van der Waals surface area contributed by atoms with Gasteiger partial charge in [-0.15, -0.1) is 0 Å². The number of anilines is 2. The Kier molecular flexibility index (Phi) is 5.74. The summed E-state index contributed by atoms with van der Waals surface area (Å²) in [6.07, 6.45) is 5.39. The molecule has 31 heavy (non-hydrogen) atoms. The van der Waals surface area contributed by atoms with Gasteiger partial charge in [-0.1, -0.05) is 12.1 Å². The second-order valence-electron chi connectivity index (χ2n) is 7.00. The third kappa shape index (κ3) is 4.77. The molecule has 0 bridgehead atoms. The molecule has 8 nitrogen and oxygen atoms in total. The van der Waals surface area contributed by atoms with Crippen molar-refractivity contribution in [1.29, 1.82) is 0 Å². The molecule has 0 aliphatic carbocycles. The number of fused-ring (bicyclic) bond motifs is 1. The normalized spacial score (nSPS) is 10.8. The van der Waals surface area contributed by atoms with Crippen LogP contribution in [0.3, 0.4) is 0 Å². The molecule has 9 heteroatoms. The fraction of sp³-hybridized carbons (Fsp3) is 0.182. The highest BCUT2D eigenvalue weighted by Gasteiger charge is 2.12. The SMILES string of the molecule is COc1ccc(CNc2ccc(Cc3c[nH]c4ncc(NC(C)=O)cc34)c(F)n2)cn1. The Balaban J connectivity index is 1.47. The first-order valence-corrected chi connectivity index (χ1v) is 9.63. The minimum absolute atomic E-state index is 0.179. The fourth-order valence-corrected chi connectivity index (χ4v) is 3.20. The van der Waals surface area contributed by atoms with Crippen LogP contribution in [0.2, 0.25) is 0 Å². The van der Waals surface area contributed by atoms with Gasteiger partial charge < -0.3 is 20.4 Å². The Morgan fingerprint density at radius 2 is 2.03 bits per heavy atom. The van der Waals surface area contributed by atoms with Crippen LogP contribution in [0.15, 0.2) is 48.9 Å². The number of nitrogens with one attached hydrogen (secondary N) is 3. The van der Waals surface area contributed by atoms with Gasteiger partial charge in [0.05, 0.1) is 19.0 Å². The van der Waals surface area contributed by atoms with Crippen molar-refractivity contribution in [3.63, 3.8) is 0 Å². The maximum Gasteiger partial charge on any atom is 0.221 e. The van der Waals surface area contributed by atoms with Crippen molar-refractivity contribution in [3.05, 3.63) is 71.6 Å². The Bertz CT molecular complexity index is 1220. The number of carbonyl (C=O) groups is 1. The van der Waals surface area contributed by atoms with Crippen LogP contribution in [-0.2, 0) is 17.8 Å². The molecule has 0 radical (unpaired) electrons. The van der Waals surface area contributed by atoms with Crippen LogP contribution in [-0.4, -0.2) is 33.0 Å². The third-order valence-electron chi connectivity index (χ3n) is 4.72. The van der Waals surface area contributed by atoms with E-state index in [0.717, 1.165) is 16.5 Å². The molecule has 0 aromatic carbocycles. The zero-order valence-corrected chi connectivity index (χ0v) is 17.1. The van der Waals surface area contributed by atoms with E-state index in [9.17, 15) is 9.18 Å². The van der Waals surface area contributed by atoms with Crippen molar-refractivity contribution in [1.82, 2.24) is 19.9 Å². The number of halogens is 1. The van der Waals surface area contributed by atoms with Crippen LogP contribution in [0, 0.1) is 5.95 Å². The Morgan fingerprint density at radius 3 is 2.74 bits per heavy atom. The number of amides is 1. The molecule has 3 N–H and O–H groups in total. The van der Waals surface area contributed by atoms with Gasteiger partial charge >= 0.3 is 0 Å². The Labute approximate surface area is 177 Å². The predicted octanol–water partition coefficient (Wildman–Crippen LogP) is 3.66. The topological polar surface area (TPSA) is 105 Å². The highest BCUT2D eigenvalue weighted by molar-refractivity contribution is 5.92. The fourth-order valence-electron chi connectivity index (χ4n) is 3.20. The summed E-state index contributed by atoms with van der Waals surface area (Å²) in [5, 5.41) is 6.62. The van der Waals surface area contributed by atoms with Crippen LogP contribution in [0.1, 0.15) is 23.6 Å². The number of methoxy groups -OCH3 is 1. The lowest BCUT2D eigenvalue weighted by molar-refractivity contribution is -0.114. The summed E-state index contributed by atoms with van der Waals surface area (Å²) in [7, 11) is 1.56. The van der Waals surface area contributed by atoms with Crippen molar-refractivity contribution < 1.29 is 13.9 Å². The number of aromatic nitrogens is 4. The van der Waals surface area contributed by atoms with Crippen LogP contribution >= 0.6 is 0 Å². The van der Waals surface area contributed by atoms with Crippen molar-refractivity contribution in [2.45, 2.75) is 19.9 Å². The molecule has 4 heterocycles. The molecule has 0 unspecified atom stereocenters. The largest absolute Gasteiger partial charge is 0.481 e. The average Bonchev–Trinajstić information content (AvgIpc) is 3.16. The Morgan fingerprint density at radius 1 is 1.16 bits per heavy atom. The van der Waals surface area contributed by atoms with E-state index in [-0.39, 0.29) is 5.91 Å². The number of hydrogen-bond donors (Lipinski definition) is 3. The van der Waals surface area contributed by atoms with Gasteiger partial charge in [-0.3, -0.25) is 4.79 Å². The molecule has 0 atom stereocenters. The van der Waals surface area contributed by atoms with Crippen molar-refractivity contribution in [2.24, 2.45) is 0 Å². The number of rotatable bonds is 7. The van der Waals surface area contributed by atoms with Gasteiger partial charge in [-0.05, 0) is 23.3 Å². The number of H-pyrrole nitrogens is 1. The van der Waals surface area contributed by atoms with E-state index in [1.807, 2.05) is 12.1 Å². The molecule has 158 valence electrons. The molecular formula is C22H21FN6O2. The second-order valence-corrected chi connectivity index (χ2v) is 7.00. The molecular weight excluding hydrogens is 399 g/mol. The lowest BCUT2D eigenvalue weighted by Gasteiger charge is -2.08. The average molecular weight is 420 g/mol. The van der Waals surface area contributed by atoms with E-state index in [0.29, 0.717) is 41.6 Å². The zero-order valence-electron chi connectivity index (χ0n) is 17.1. The molecule has 4 rings (SSSR count). The first-order chi connectivity index (χ1) is 15.0. The molecule has 0 spiro atoms. The number of ether oxygens (including phenoxy) is 1. The van der Waals surface area contributed by atoms with Gasteiger partial charge in [0.1, 0.15) is 11.5 Å². The number of carbonyl (C=O) groups excluding carboxylic acids is 1. The summed E-state index contributed by atoms with van der Waals surface area (Å²) in [4.78, 5) is 26.8. The van der Waals surface area contributed by atoms with E-state index < -0.39 is 5.95 Å². The molecule has 4 aromatic heterocycles. The zero-order chi connectivity index (χ0) is 21.8. The molecule has 0 aliphatic rings. The summed E-state index contributed by atoms with van der Waals surface area (Å²) in [5.74, 6) is 0.250. The van der Waals surface area contributed by atoms with Gasteiger partial charge in [0, 0.05) is 49.3 Å². The Hall–Kier alpha value is -4.01. The summed E-state index contributed by atoms with van der Waals surface area (Å²) >= 11 is 0. The van der Waals surface area contributed by atoms with Gasteiger partial charge in [-0.2, -0.15) is 4.39 Å². The highest BCUT2D eigenvalue weighted by Crippen LogP contribution is 2.24. The van der Waals surface area contributed by atoms with Crippen molar-refractivity contribution in [2.75, 3.05) is 17.7 Å². The molecule has 0 saturated carbocycles. The smallest absolute Gasteiger partial charge is 0.221 e. The van der Waals surface area contributed by atoms with Crippen molar-refractivity contribution >= 4 is 28.4 Å².